The summed E-state index contributed by atoms with van der Waals surface area (Å²) in [5.41, 5.74) is -0.00674. The fourth-order valence-electron chi connectivity index (χ4n) is 2.26. The van der Waals surface area contributed by atoms with Crippen molar-refractivity contribution in [2.75, 3.05) is 0 Å². The van der Waals surface area contributed by atoms with Gasteiger partial charge in [0.2, 0.25) is 0 Å². The standard InChI is InChI=1S/C20H21Cl2NO5/c1-20(2,3)28-19(26)23-16(18(24)25)10-12-4-7-14(8-5-12)27-17-9-6-13(21)11-15(17)22/h4-9,11,16H,10H2,1-3H3,(H,23,26)(H,24,25). The first kappa shape index (κ1) is 21.9. The van der Waals surface area contributed by atoms with E-state index in [2.05, 4.69) is 5.32 Å². The minimum Gasteiger partial charge on any atom is -0.480 e. The smallest absolute Gasteiger partial charge is 0.408 e. The fraction of sp³-hybridized carbons (Fsp3) is 0.300. The Morgan fingerprint density at radius 1 is 1.11 bits per heavy atom. The fourth-order valence-corrected chi connectivity index (χ4v) is 2.71. The molecule has 2 rings (SSSR count). The van der Waals surface area contributed by atoms with Crippen LogP contribution in [0.1, 0.15) is 26.3 Å². The Balaban J connectivity index is 2.02. The van der Waals surface area contributed by atoms with Gasteiger partial charge in [-0.1, -0.05) is 35.3 Å². The molecule has 28 heavy (non-hydrogen) atoms. The monoisotopic (exact) mass is 425 g/mol. The van der Waals surface area contributed by atoms with Crippen molar-refractivity contribution in [2.24, 2.45) is 0 Å². The van der Waals surface area contributed by atoms with E-state index in [1.54, 1.807) is 63.2 Å². The molecular formula is C20H21Cl2NO5. The topological polar surface area (TPSA) is 84.9 Å². The third-order valence-corrected chi connectivity index (χ3v) is 4.00. The number of nitrogens with one attached hydrogen (secondary N) is 1. The van der Waals surface area contributed by atoms with Crippen LogP contribution in [0.5, 0.6) is 11.5 Å². The Labute approximate surface area is 173 Å². The molecule has 1 unspecified atom stereocenters. The number of alkyl carbamates (subject to hydrolysis) is 1. The molecule has 2 aromatic rings. The van der Waals surface area contributed by atoms with E-state index >= 15 is 0 Å². The predicted molar refractivity (Wildman–Crippen MR) is 107 cm³/mol. The number of carbonyl (C=O) groups is 2. The maximum atomic E-state index is 11.8. The van der Waals surface area contributed by atoms with Crippen LogP contribution >= 0.6 is 23.2 Å². The zero-order chi connectivity index (χ0) is 20.9. The Bertz CT molecular complexity index is 847. The summed E-state index contributed by atoms with van der Waals surface area (Å²) >= 11 is 11.9. The van der Waals surface area contributed by atoms with Crippen LogP contribution in [0, 0.1) is 0 Å². The van der Waals surface area contributed by atoms with Crippen molar-refractivity contribution in [3.63, 3.8) is 0 Å². The molecule has 150 valence electrons. The number of carbonyl (C=O) groups excluding carboxylic acids is 1. The summed E-state index contributed by atoms with van der Waals surface area (Å²) < 4.78 is 10.8. The van der Waals surface area contributed by atoms with E-state index in [0.29, 0.717) is 27.1 Å². The molecule has 0 aliphatic carbocycles. The maximum absolute atomic E-state index is 11.8. The summed E-state index contributed by atoms with van der Waals surface area (Å²) in [6.45, 7) is 5.11. The van der Waals surface area contributed by atoms with E-state index in [1.807, 2.05) is 0 Å². The van der Waals surface area contributed by atoms with Crippen LogP contribution in [0.25, 0.3) is 0 Å². The molecular weight excluding hydrogens is 405 g/mol. The first-order chi connectivity index (χ1) is 13.0. The van der Waals surface area contributed by atoms with E-state index in [0.717, 1.165) is 0 Å². The average molecular weight is 426 g/mol. The highest BCUT2D eigenvalue weighted by molar-refractivity contribution is 6.35. The molecule has 1 amide bonds. The Morgan fingerprint density at radius 3 is 2.29 bits per heavy atom. The number of carboxylic acid groups (broad SMARTS) is 1. The summed E-state index contributed by atoms with van der Waals surface area (Å²) in [5.74, 6) is -0.173. The second-order valence-corrected chi connectivity index (χ2v) is 7.91. The molecule has 0 aliphatic rings. The van der Waals surface area contributed by atoms with Crippen LogP contribution in [-0.4, -0.2) is 28.8 Å². The van der Waals surface area contributed by atoms with Crippen molar-refractivity contribution in [3.05, 3.63) is 58.1 Å². The van der Waals surface area contributed by atoms with Crippen LogP contribution in [0.15, 0.2) is 42.5 Å². The number of carboxylic acids is 1. The van der Waals surface area contributed by atoms with Gasteiger partial charge in [0.1, 0.15) is 23.1 Å². The van der Waals surface area contributed by atoms with Gasteiger partial charge >= 0.3 is 12.1 Å². The maximum Gasteiger partial charge on any atom is 0.408 e. The average Bonchev–Trinajstić information content (AvgIpc) is 2.56. The molecule has 0 bridgehead atoms. The highest BCUT2D eigenvalue weighted by Gasteiger charge is 2.24. The third kappa shape index (κ3) is 6.94. The number of rotatable bonds is 6. The number of ether oxygens (including phenoxy) is 2. The lowest BCUT2D eigenvalue weighted by Gasteiger charge is -2.22. The molecule has 0 fully saturated rings. The molecule has 2 aromatic carbocycles. The molecule has 6 nitrogen and oxygen atoms in total. The Morgan fingerprint density at radius 2 is 1.75 bits per heavy atom. The highest BCUT2D eigenvalue weighted by atomic mass is 35.5. The SMILES string of the molecule is CC(C)(C)OC(=O)NC(Cc1ccc(Oc2ccc(Cl)cc2Cl)cc1)C(=O)O. The second kappa shape index (κ2) is 9.17. The van der Waals surface area contributed by atoms with Gasteiger partial charge in [-0.3, -0.25) is 0 Å². The molecule has 8 heteroatoms. The molecule has 0 aromatic heterocycles. The normalized spacial score (nSPS) is 12.2. The lowest BCUT2D eigenvalue weighted by Crippen LogP contribution is -2.44. The van der Waals surface area contributed by atoms with Crippen molar-refractivity contribution in [2.45, 2.75) is 38.8 Å². The first-order valence-corrected chi connectivity index (χ1v) is 9.23. The molecule has 0 saturated carbocycles. The van der Waals surface area contributed by atoms with Crippen molar-refractivity contribution < 1.29 is 24.2 Å². The van der Waals surface area contributed by atoms with Crippen molar-refractivity contribution in [1.82, 2.24) is 5.32 Å². The number of halogens is 2. The Hall–Kier alpha value is -2.44. The van der Waals surface area contributed by atoms with Gasteiger partial charge in [0.15, 0.2) is 0 Å². The third-order valence-electron chi connectivity index (χ3n) is 3.47. The van der Waals surface area contributed by atoms with Crippen LogP contribution in [-0.2, 0) is 16.0 Å². The van der Waals surface area contributed by atoms with Gasteiger partial charge < -0.3 is 19.9 Å². The number of hydrogen-bond donors (Lipinski definition) is 2. The van der Waals surface area contributed by atoms with Gasteiger partial charge in [-0.15, -0.1) is 0 Å². The molecule has 0 heterocycles. The zero-order valence-electron chi connectivity index (χ0n) is 15.7. The quantitative estimate of drug-likeness (QED) is 0.654. The van der Waals surface area contributed by atoms with Gasteiger partial charge in [-0.2, -0.15) is 0 Å². The number of benzene rings is 2. The van der Waals surface area contributed by atoms with Gasteiger partial charge in [-0.05, 0) is 56.7 Å². The van der Waals surface area contributed by atoms with Crippen LogP contribution in [0.3, 0.4) is 0 Å². The number of hydrogen-bond acceptors (Lipinski definition) is 4. The van der Waals surface area contributed by atoms with Crippen LogP contribution in [0.4, 0.5) is 4.79 Å². The van der Waals surface area contributed by atoms with E-state index in [9.17, 15) is 14.7 Å². The zero-order valence-corrected chi connectivity index (χ0v) is 17.2. The minimum absolute atomic E-state index is 0.0938. The van der Waals surface area contributed by atoms with Crippen LogP contribution in [0.2, 0.25) is 10.0 Å². The number of aliphatic carboxylic acids is 1. The summed E-state index contributed by atoms with van der Waals surface area (Å²) in [7, 11) is 0. The summed E-state index contributed by atoms with van der Waals surface area (Å²) in [5, 5.41) is 12.6. The first-order valence-electron chi connectivity index (χ1n) is 8.47. The molecule has 0 aliphatic heterocycles. The van der Waals surface area contributed by atoms with Gasteiger partial charge in [0, 0.05) is 11.4 Å². The van der Waals surface area contributed by atoms with Gasteiger partial charge in [0.25, 0.3) is 0 Å². The largest absolute Gasteiger partial charge is 0.480 e. The van der Waals surface area contributed by atoms with E-state index in [-0.39, 0.29) is 6.42 Å². The lowest BCUT2D eigenvalue weighted by molar-refractivity contribution is -0.139. The minimum atomic E-state index is -1.15. The summed E-state index contributed by atoms with van der Waals surface area (Å²) in [6.07, 6.45) is -0.687. The summed E-state index contributed by atoms with van der Waals surface area (Å²) in [4.78, 5) is 23.3. The molecule has 0 spiro atoms. The van der Waals surface area contributed by atoms with Crippen molar-refractivity contribution >= 4 is 35.3 Å². The van der Waals surface area contributed by atoms with Crippen LogP contribution < -0.4 is 10.1 Å². The molecule has 2 N–H and O–H groups in total. The highest BCUT2D eigenvalue weighted by Crippen LogP contribution is 2.31. The molecule has 0 radical (unpaired) electrons. The lowest BCUT2D eigenvalue weighted by atomic mass is 10.1. The molecule has 0 saturated heterocycles. The summed E-state index contributed by atoms with van der Waals surface area (Å²) in [6, 6.07) is 10.6. The van der Waals surface area contributed by atoms with Crippen molar-refractivity contribution in [1.29, 1.82) is 0 Å². The van der Waals surface area contributed by atoms with E-state index in [4.69, 9.17) is 32.7 Å². The Kier molecular flexibility index (Phi) is 7.16. The van der Waals surface area contributed by atoms with Crippen molar-refractivity contribution in [3.8, 4) is 11.5 Å². The van der Waals surface area contributed by atoms with E-state index in [1.165, 1.54) is 0 Å². The van der Waals surface area contributed by atoms with E-state index < -0.39 is 23.7 Å². The predicted octanol–water partition coefficient (Wildman–Crippen LogP) is 5.31. The van der Waals surface area contributed by atoms with Gasteiger partial charge in [-0.25, -0.2) is 9.59 Å². The second-order valence-electron chi connectivity index (χ2n) is 7.06. The molecule has 1 atom stereocenters. The number of amides is 1. The van der Waals surface area contributed by atoms with Gasteiger partial charge in [0.05, 0.1) is 5.02 Å².